The zero-order chi connectivity index (χ0) is 19.3. The first-order valence-electron chi connectivity index (χ1n) is 7.45. The number of carbonyl (C=O) groups excluding carboxylic acids is 1. The highest BCUT2D eigenvalue weighted by atomic mass is 32.2. The zero-order valence-electron chi connectivity index (χ0n) is 14.0. The van der Waals surface area contributed by atoms with Crippen LogP contribution in [0, 0.1) is 10.1 Å². The van der Waals surface area contributed by atoms with E-state index in [9.17, 15) is 24.8 Å². The number of carbonyl (C=O) groups is 2. The van der Waals surface area contributed by atoms with Crippen molar-refractivity contribution in [2.45, 2.75) is 17.1 Å². The van der Waals surface area contributed by atoms with E-state index in [4.69, 9.17) is 4.74 Å². The average molecular weight is 376 g/mol. The zero-order valence-corrected chi connectivity index (χ0v) is 14.8. The highest BCUT2D eigenvalue weighted by Crippen LogP contribution is 2.31. The van der Waals surface area contributed by atoms with Gasteiger partial charge in [0.05, 0.1) is 28.9 Å². The standard InChI is InChI=1S/C17H16N2O6S/c1-10(26-15-6-4-3-5-12(15)17(21)22)16(20)18-13-8-7-11(25-2)9-14(13)19(23)24/h3-10H,1-2H3,(H,18,20)(H,21,22)/t10-/m0/s1. The second-order valence-corrected chi connectivity index (χ2v) is 6.57. The van der Waals surface area contributed by atoms with Gasteiger partial charge in [-0.25, -0.2) is 4.79 Å². The summed E-state index contributed by atoms with van der Waals surface area (Å²) in [5.41, 5.74) is -0.159. The Morgan fingerprint density at radius 3 is 2.58 bits per heavy atom. The van der Waals surface area contributed by atoms with Crippen molar-refractivity contribution in [3.63, 3.8) is 0 Å². The van der Waals surface area contributed by atoms with Crippen LogP contribution in [0.25, 0.3) is 0 Å². The number of methoxy groups -OCH3 is 1. The van der Waals surface area contributed by atoms with Crippen LogP contribution in [-0.4, -0.2) is 34.3 Å². The van der Waals surface area contributed by atoms with Crippen LogP contribution in [0.3, 0.4) is 0 Å². The van der Waals surface area contributed by atoms with E-state index in [1.54, 1.807) is 25.1 Å². The second kappa shape index (κ2) is 8.34. The number of ether oxygens (including phenoxy) is 1. The molecule has 1 amide bonds. The smallest absolute Gasteiger partial charge is 0.336 e. The molecule has 2 aromatic rings. The van der Waals surface area contributed by atoms with Crippen molar-refractivity contribution in [3.05, 3.63) is 58.1 Å². The average Bonchev–Trinajstić information content (AvgIpc) is 2.62. The third-order valence-corrected chi connectivity index (χ3v) is 4.63. The Labute approximate surface area is 153 Å². The number of benzene rings is 2. The van der Waals surface area contributed by atoms with Crippen LogP contribution in [0.4, 0.5) is 11.4 Å². The van der Waals surface area contributed by atoms with Gasteiger partial charge in [0.15, 0.2) is 0 Å². The number of nitro benzene ring substituents is 1. The molecule has 0 aromatic heterocycles. The summed E-state index contributed by atoms with van der Waals surface area (Å²) in [6.07, 6.45) is 0. The van der Waals surface area contributed by atoms with Crippen LogP contribution >= 0.6 is 11.8 Å². The maximum atomic E-state index is 12.4. The fourth-order valence-electron chi connectivity index (χ4n) is 2.12. The van der Waals surface area contributed by atoms with E-state index < -0.39 is 22.0 Å². The summed E-state index contributed by atoms with van der Waals surface area (Å²) in [7, 11) is 1.38. The maximum absolute atomic E-state index is 12.4. The molecule has 2 N–H and O–H groups in total. The van der Waals surface area contributed by atoms with Gasteiger partial charge < -0.3 is 15.2 Å². The first-order chi connectivity index (χ1) is 12.3. The lowest BCUT2D eigenvalue weighted by Gasteiger charge is -2.14. The number of anilines is 1. The summed E-state index contributed by atoms with van der Waals surface area (Å²) < 4.78 is 4.95. The van der Waals surface area contributed by atoms with Crippen molar-refractivity contribution in [2.24, 2.45) is 0 Å². The summed E-state index contributed by atoms with van der Waals surface area (Å²) in [5.74, 6) is -1.28. The summed E-state index contributed by atoms with van der Waals surface area (Å²) in [4.78, 5) is 34.6. The van der Waals surface area contributed by atoms with Gasteiger partial charge in [0, 0.05) is 4.90 Å². The molecule has 0 heterocycles. The first-order valence-corrected chi connectivity index (χ1v) is 8.33. The summed E-state index contributed by atoms with van der Waals surface area (Å²) in [5, 5.41) is 22.2. The minimum absolute atomic E-state index is 0.0415. The number of nitro groups is 1. The monoisotopic (exact) mass is 376 g/mol. The number of carboxylic acid groups (broad SMARTS) is 1. The minimum Gasteiger partial charge on any atom is -0.496 e. The molecule has 2 rings (SSSR count). The van der Waals surface area contributed by atoms with Crippen molar-refractivity contribution < 1.29 is 24.4 Å². The Bertz CT molecular complexity index is 855. The third-order valence-electron chi connectivity index (χ3n) is 3.45. The molecule has 8 nitrogen and oxygen atoms in total. The molecule has 0 aliphatic carbocycles. The molecule has 2 aromatic carbocycles. The minimum atomic E-state index is -1.09. The number of hydrogen-bond acceptors (Lipinski definition) is 6. The van der Waals surface area contributed by atoms with Gasteiger partial charge in [0.2, 0.25) is 5.91 Å². The van der Waals surface area contributed by atoms with Gasteiger partial charge in [-0.2, -0.15) is 0 Å². The molecule has 0 bridgehead atoms. The molecule has 9 heteroatoms. The Kier molecular flexibility index (Phi) is 6.18. The van der Waals surface area contributed by atoms with Crippen LogP contribution in [0.5, 0.6) is 5.75 Å². The molecule has 0 aliphatic heterocycles. The number of thioether (sulfide) groups is 1. The molecule has 0 saturated heterocycles. The van der Waals surface area contributed by atoms with Crippen molar-refractivity contribution in [3.8, 4) is 5.75 Å². The van der Waals surface area contributed by atoms with Crippen molar-refractivity contribution >= 4 is 35.0 Å². The number of carboxylic acids is 1. The van der Waals surface area contributed by atoms with Gasteiger partial charge in [-0.05, 0) is 31.2 Å². The van der Waals surface area contributed by atoms with Gasteiger partial charge in [0.25, 0.3) is 5.69 Å². The van der Waals surface area contributed by atoms with E-state index in [2.05, 4.69) is 5.32 Å². The van der Waals surface area contributed by atoms with Crippen LogP contribution in [0.15, 0.2) is 47.4 Å². The van der Waals surface area contributed by atoms with E-state index in [0.717, 1.165) is 11.8 Å². The number of rotatable bonds is 7. The molecule has 0 radical (unpaired) electrons. The SMILES string of the molecule is COc1ccc(NC(=O)[C@H](C)Sc2ccccc2C(=O)O)c([N+](=O)[O-])c1. The van der Waals surface area contributed by atoms with Crippen molar-refractivity contribution in [1.82, 2.24) is 0 Å². The number of aromatic carboxylic acids is 1. The Hall–Kier alpha value is -3.07. The summed E-state index contributed by atoms with van der Waals surface area (Å²) >= 11 is 1.06. The van der Waals surface area contributed by atoms with Crippen LogP contribution in [0.1, 0.15) is 17.3 Å². The molecular weight excluding hydrogens is 360 g/mol. The van der Waals surface area contributed by atoms with Gasteiger partial charge in [-0.3, -0.25) is 14.9 Å². The molecule has 0 aliphatic rings. The quantitative estimate of drug-likeness (QED) is 0.432. The highest BCUT2D eigenvalue weighted by molar-refractivity contribution is 8.00. The van der Waals surface area contributed by atoms with E-state index in [-0.39, 0.29) is 16.9 Å². The number of amides is 1. The molecule has 0 unspecified atom stereocenters. The normalized spacial score (nSPS) is 11.5. The first kappa shape index (κ1) is 19.3. The molecule has 0 spiro atoms. The molecule has 26 heavy (non-hydrogen) atoms. The van der Waals surface area contributed by atoms with Crippen LogP contribution < -0.4 is 10.1 Å². The third kappa shape index (κ3) is 4.51. The largest absolute Gasteiger partial charge is 0.496 e. The molecule has 0 fully saturated rings. The Balaban J connectivity index is 2.18. The highest BCUT2D eigenvalue weighted by Gasteiger charge is 2.22. The predicted molar refractivity (Wildman–Crippen MR) is 97.0 cm³/mol. The fourth-order valence-corrected chi connectivity index (χ4v) is 3.11. The van der Waals surface area contributed by atoms with E-state index in [1.807, 2.05) is 0 Å². The predicted octanol–water partition coefficient (Wildman–Crippen LogP) is 3.42. The van der Waals surface area contributed by atoms with Gasteiger partial charge >= 0.3 is 5.97 Å². The lowest BCUT2D eigenvalue weighted by molar-refractivity contribution is -0.384. The van der Waals surface area contributed by atoms with Gasteiger partial charge in [0.1, 0.15) is 11.4 Å². The van der Waals surface area contributed by atoms with Gasteiger partial charge in [-0.1, -0.05) is 12.1 Å². The number of nitrogens with zero attached hydrogens (tertiary/aromatic N) is 1. The Morgan fingerprint density at radius 1 is 1.27 bits per heavy atom. The van der Waals surface area contributed by atoms with Crippen molar-refractivity contribution in [2.75, 3.05) is 12.4 Å². The van der Waals surface area contributed by atoms with Crippen LogP contribution in [0.2, 0.25) is 0 Å². The Morgan fingerprint density at radius 2 is 1.96 bits per heavy atom. The molecule has 0 saturated carbocycles. The molecule has 136 valence electrons. The van der Waals surface area contributed by atoms with Gasteiger partial charge in [-0.15, -0.1) is 11.8 Å². The summed E-state index contributed by atoms with van der Waals surface area (Å²) in [6, 6.07) is 10.4. The second-order valence-electron chi connectivity index (χ2n) is 5.19. The topological polar surface area (TPSA) is 119 Å². The number of nitrogens with one attached hydrogen (secondary N) is 1. The van der Waals surface area contributed by atoms with E-state index in [0.29, 0.717) is 10.6 Å². The maximum Gasteiger partial charge on any atom is 0.336 e. The van der Waals surface area contributed by atoms with Crippen molar-refractivity contribution in [1.29, 1.82) is 0 Å². The number of hydrogen-bond donors (Lipinski definition) is 2. The van der Waals surface area contributed by atoms with E-state index in [1.165, 1.54) is 31.4 Å². The lowest BCUT2D eigenvalue weighted by atomic mass is 10.2. The van der Waals surface area contributed by atoms with E-state index >= 15 is 0 Å². The molecular formula is C17H16N2O6S. The summed E-state index contributed by atoms with van der Waals surface area (Å²) in [6.45, 7) is 1.59. The lowest BCUT2D eigenvalue weighted by Crippen LogP contribution is -2.23. The molecule has 1 atom stereocenters. The van der Waals surface area contributed by atoms with Crippen LogP contribution in [-0.2, 0) is 4.79 Å². The fraction of sp³-hybridized carbons (Fsp3) is 0.176.